The summed E-state index contributed by atoms with van der Waals surface area (Å²) in [5.74, 6) is -2.18. The van der Waals surface area contributed by atoms with E-state index >= 15 is 0 Å². The number of nitrogens with zero attached hydrogens (tertiary/aromatic N) is 4. The Bertz CT molecular complexity index is 1370. The van der Waals surface area contributed by atoms with Crippen molar-refractivity contribution in [3.63, 3.8) is 0 Å². The van der Waals surface area contributed by atoms with Crippen molar-refractivity contribution in [1.29, 1.82) is 0 Å². The third kappa shape index (κ3) is 6.25. The molecular weight excluding hydrogens is 530 g/mol. The van der Waals surface area contributed by atoms with Crippen molar-refractivity contribution in [1.82, 2.24) is 25.6 Å². The molecular formula is C26H26F2N6O2S2. The second-order valence-electron chi connectivity index (χ2n) is 9.26. The van der Waals surface area contributed by atoms with Crippen molar-refractivity contribution in [2.45, 2.75) is 32.2 Å². The average molecular weight is 557 g/mol. The zero-order valence-corrected chi connectivity index (χ0v) is 22.2. The van der Waals surface area contributed by atoms with E-state index in [9.17, 15) is 18.4 Å². The van der Waals surface area contributed by atoms with Crippen molar-refractivity contribution in [3.8, 4) is 10.6 Å². The summed E-state index contributed by atoms with van der Waals surface area (Å²) in [5, 5.41) is 5.38. The number of alkyl halides is 2. The van der Waals surface area contributed by atoms with E-state index < -0.39 is 11.8 Å². The van der Waals surface area contributed by atoms with Gasteiger partial charge in [-0.3, -0.25) is 19.9 Å². The van der Waals surface area contributed by atoms with Gasteiger partial charge < -0.3 is 10.2 Å². The van der Waals surface area contributed by atoms with Crippen LogP contribution in [-0.2, 0) is 17.3 Å². The molecule has 0 saturated carbocycles. The van der Waals surface area contributed by atoms with Crippen LogP contribution in [0.15, 0.2) is 47.6 Å². The number of hydrogen-bond acceptors (Lipinski definition) is 9. The Morgan fingerprint density at radius 1 is 1.16 bits per heavy atom. The van der Waals surface area contributed by atoms with E-state index in [1.54, 1.807) is 30.6 Å². The monoisotopic (exact) mass is 556 g/mol. The van der Waals surface area contributed by atoms with Gasteiger partial charge in [-0.25, -0.2) is 18.7 Å². The van der Waals surface area contributed by atoms with Crippen LogP contribution in [0.3, 0.4) is 0 Å². The van der Waals surface area contributed by atoms with Crippen molar-refractivity contribution in [3.05, 3.63) is 63.8 Å². The van der Waals surface area contributed by atoms with Crippen molar-refractivity contribution in [2.75, 3.05) is 24.5 Å². The summed E-state index contributed by atoms with van der Waals surface area (Å²) in [4.78, 5) is 39.8. The van der Waals surface area contributed by atoms with Crippen LogP contribution in [0.4, 0.5) is 19.5 Å². The van der Waals surface area contributed by atoms with Gasteiger partial charge in [-0.05, 0) is 73.0 Å². The molecule has 3 aromatic heterocycles. The first-order valence-electron chi connectivity index (χ1n) is 12.2. The predicted molar refractivity (Wildman–Crippen MR) is 145 cm³/mol. The number of anilines is 1. The first kappa shape index (κ1) is 26.4. The summed E-state index contributed by atoms with van der Waals surface area (Å²) in [5.41, 5.74) is 2.30. The van der Waals surface area contributed by atoms with Crippen LogP contribution in [0.5, 0.6) is 0 Å². The molecule has 12 heteroatoms. The van der Waals surface area contributed by atoms with Crippen LogP contribution >= 0.6 is 23.1 Å². The lowest BCUT2D eigenvalue weighted by molar-refractivity contribution is -0.115. The fraction of sp³-hybridized carbons (Fsp3) is 0.346. The number of rotatable bonds is 8. The molecule has 0 radical (unpaired) electrons. The third-order valence-electron chi connectivity index (χ3n) is 6.39. The Morgan fingerprint density at radius 3 is 2.68 bits per heavy atom. The Morgan fingerprint density at radius 2 is 1.97 bits per heavy atom. The van der Waals surface area contributed by atoms with Crippen molar-refractivity contribution < 1.29 is 18.4 Å². The van der Waals surface area contributed by atoms with Crippen molar-refractivity contribution >= 4 is 46.3 Å². The van der Waals surface area contributed by atoms with E-state index in [-0.39, 0.29) is 10.1 Å². The molecule has 0 bridgehead atoms. The summed E-state index contributed by atoms with van der Waals surface area (Å²) in [6, 6.07) is 8.74. The van der Waals surface area contributed by atoms with Gasteiger partial charge in [-0.1, -0.05) is 6.07 Å². The summed E-state index contributed by atoms with van der Waals surface area (Å²) in [7, 11) is 0. The molecule has 0 unspecified atom stereocenters. The number of halogens is 2. The fourth-order valence-electron chi connectivity index (χ4n) is 4.40. The molecule has 3 aromatic rings. The van der Waals surface area contributed by atoms with E-state index in [1.807, 2.05) is 12.1 Å². The topological polar surface area (TPSA) is 100 Å². The molecule has 0 spiro atoms. The molecule has 0 atom stereocenters. The van der Waals surface area contributed by atoms with Crippen LogP contribution < -0.4 is 15.5 Å². The number of nitrogens with one attached hydrogen (secondary N) is 2. The zero-order chi connectivity index (χ0) is 26.7. The lowest BCUT2D eigenvalue weighted by atomic mass is 9.97. The first-order valence-corrected chi connectivity index (χ1v) is 13.9. The van der Waals surface area contributed by atoms with Gasteiger partial charge in [-0.2, -0.15) is 0 Å². The highest BCUT2D eigenvalue weighted by molar-refractivity contribution is 8.18. The highest BCUT2D eigenvalue weighted by Gasteiger charge is 2.28. The van der Waals surface area contributed by atoms with Crippen LogP contribution in [0, 0.1) is 5.92 Å². The number of amides is 2. The molecule has 5 rings (SSSR count). The highest BCUT2D eigenvalue weighted by Crippen LogP contribution is 2.37. The van der Waals surface area contributed by atoms with E-state index in [0.717, 1.165) is 78.6 Å². The quantitative estimate of drug-likeness (QED) is 0.372. The molecule has 198 valence electrons. The van der Waals surface area contributed by atoms with Gasteiger partial charge in [0.2, 0.25) is 5.95 Å². The maximum Gasteiger partial charge on any atom is 0.290 e. The lowest BCUT2D eigenvalue weighted by Crippen LogP contribution is -2.38. The lowest BCUT2D eigenvalue weighted by Gasteiger charge is -2.32. The van der Waals surface area contributed by atoms with Crippen LogP contribution in [0.25, 0.3) is 16.6 Å². The molecule has 0 aromatic carbocycles. The summed E-state index contributed by atoms with van der Waals surface area (Å²) in [6.45, 7) is 3.96. The van der Waals surface area contributed by atoms with Gasteiger partial charge in [0.15, 0.2) is 0 Å². The number of pyridine rings is 1. The smallest absolute Gasteiger partial charge is 0.290 e. The minimum Gasteiger partial charge on any atom is -0.341 e. The molecule has 5 heterocycles. The van der Waals surface area contributed by atoms with Crippen LogP contribution in [0.1, 0.15) is 35.9 Å². The van der Waals surface area contributed by atoms with Crippen LogP contribution in [-0.4, -0.2) is 45.7 Å². The third-order valence-corrected chi connectivity index (χ3v) is 8.47. The van der Waals surface area contributed by atoms with Gasteiger partial charge in [0.1, 0.15) is 0 Å². The molecule has 2 aliphatic heterocycles. The summed E-state index contributed by atoms with van der Waals surface area (Å²) >= 11 is 1.94. The highest BCUT2D eigenvalue weighted by atomic mass is 32.2. The Balaban J connectivity index is 1.14. The maximum atomic E-state index is 13.7. The predicted octanol–water partition coefficient (Wildman–Crippen LogP) is 5.04. The molecule has 2 saturated heterocycles. The van der Waals surface area contributed by atoms with Crippen molar-refractivity contribution in [2.24, 2.45) is 5.92 Å². The largest absolute Gasteiger partial charge is 0.341 e. The number of thiophene rings is 1. The van der Waals surface area contributed by atoms with E-state index in [4.69, 9.17) is 0 Å². The summed E-state index contributed by atoms with van der Waals surface area (Å²) in [6.07, 6.45) is 6.88. The number of thioether (sulfide) groups is 1. The number of piperidine rings is 1. The number of hydrogen-bond donors (Lipinski definition) is 2. The number of imide groups is 1. The van der Waals surface area contributed by atoms with Crippen LogP contribution in [0.2, 0.25) is 0 Å². The normalized spacial score (nSPS) is 17.9. The molecule has 2 fully saturated rings. The molecule has 0 aliphatic carbocycles. The van der Waals surface area contributed by atoms with Gasteiger partial charge in [0.05, 0.1) is 26.0 Å². The van der Waals surface area contributed by atoms with E-state index in [1.165, 1.54) is 6.07 Å². The van der Waals surface area contributed by atoms with Gasteiger partial charge >= 0.3 is 0 Å². The molecule has 38 heavy (non-hydrogen) atoms. The summed E-state index contributed by atoms with van der Waals surface area (Å²) < 4.78 is 27.4. The minimum atomic E-state index is -2.86. The van der Waals surface area contributed by atoms with Gasteiger partial charge in [0, 0.05) is 39.0 Å². The molecule has 8 nitrogen and oxygen atoms in total. The second-order valence-corrected chi connectivity index (χ2v) is 11.4. The molecule has 2 N–H and O–H groups in total. The zero-order valence-electron chi connectivity index (χ0n) is 20.6. The number of carbonyl (C=O) groups excluding carboxylic acids is 2. The Hall–Kier alpha value is -3.22. The second kappa shape index (κ2) is 11.3. The first-order chi connectivity index (χ1) is 18.3. The maximum absolute atomic E-state index is 13.7. The van der Waals surface area contributed by atoms with E-state index in [2.05, 4.69) is 30.5 Å². The Kier molecular flexibility index (Phi) is 7.82. The van der Waals surface area contributed by atoms with E-state index in [0.29, 0.717) is 29.0 Å². The molecule has 2 amide bonds. The van der Waals surface area contributed by atoms with Gasteiger partial charge in [0.25, 0.3) is 17.1 Å². The minimum absolute atomic E-state index is 0.0352. The fourth-order valence-corrected chi connectivity index (χ4v) is 6.04. The SMILES string of the molecule is CC(F)(F)c1ccc(-c2ncccc2CNCC2CCN(c3nccc(C=C4SC(=O)NC4=O)n3)CC2)s1. The molecule has 2 aliphatic rings. The average Bonchev–Trinajstić information content (AvgIpc) is 3.51. The Labute approximate surface area is 227 Å². The van der Waals surface area contributed by atoms with Gasteiger partial charge in [-0.15, -0.1) is 11.3 Å². The standard InChI is InChI=1S/C26H26F2N6O2S2/c1-26(27,28)21-5-4-19(37-21)22-17(3-2-9-30-22)15-29-14-16-7-11-34(12-8-16)24-31-10-6-18(32-24)13-20-23(35)33-25(36)38-20/h2-6,9-10,13,16,29H,7-8,11-12,14-15H2,1H3,(H,33,35,36). The number of aromatic nitrogens is 3. The number of carbonyl (C=O) groups is 2.